The minimum absolute atomic E-state index is 0.122. The molecule has 4 bridgehead atoms. The molecule has 118 valence electrons. The minimum atomic E-state index is 0.122. The van der Waals surface area contributed by atoms with Crippen molar-refractivity contribution in [3.05, 3.63) is 0 Å². The van der Waals surface area contributed by atoms with Crippen LogP contribution in [0.25, 0.3) is 0 Å². The Balaban J connectivity index is 1.52. The van der Waals surface area contributed by atoms with Crippen LogP contribution in [0, 0.1) is 22.7 Å². The molecule has 1 saturated heterocycles. The highest BCUT2D eigenvalue weighted by Crippen LogP contribution is 2.66. The summed E-state index contributed by atoms with van der Waals surface area (Å²) in [6, 6.07) is 0. The minimum Gasteiger partial charge on any atom is -0.350 e. The van der Waals surface area contributed by atoms with E-state index in [4.69, 9.17) is 0 Å². The van der Waals surface area contributed by atoms with Gasteiger partial charge >= 0.3 is 0 Å². The Morgan fingerprint density at radius 3 is 2.38 bits per heavy atom. The summed E-state index contributed by atoms with van der Waals surface area (Å²) in [6.07, 6.45) is 10.0. The highest BCUT2D eigenvalue weighted by molar-refractivity contribution is 5.80. The monoisotopic (exact) mass is 290 g/mol. The molecule has 21 heavy (non-hydrogen) atoms. The van der Waals surface area contributed by atoms with E-state index in [1.807, 2.05) is 0 Å². The lowest BCUT2D eigenvalue weighted by atomic mass is 9.42. The first-order valence-corrected chi connectivity index (χ1v) is 8.92. The second kappa shape index (κ2) is 4.47. The second-order valence-corrected chi connectivity index (χ2v) is 9.44. The summed E-state index contributed by atoms with van der Waals surface area (Å²) in [5.41, 5.74) is 1.08. The van der Waals surface area contributed by atoms with Gasteiger partial charge in [0.05, 0.1) is 5.92 Å². The molecule has 0 aromatic heterocycles. The highest BCUT2D eigenvalue weighted by Gasteiger charge is 2.60. The molecule has 4 aliphatic carbocycles. The molecule has 5 fully saturated rings. The van der Waals surface area contributed by atoms with E-state index in [0.29, 0.717) is 16.7 Å². The van der Waals surface area contributed by atoms with E-state index in [-0.39, 0.29) is 11.5 Å². The van der Waals surface area contributed by atoms with Gasteiger partial charge in [0.15, 0.2) is 0 Å². The fourth-order valence-corrected chi connectivity index (χ4v) is 7.03. The summed E-state index contributed by atoms with van der Waals surface area (Å²) in [4.78, 5) is 12.7. The number of hydrogen-bond donors (Lipinski definition) is 2. The second-order valence-electron chi connectivity index (χ2n) is 9.44. The maximum Gasteiger partial charge on any atom is 0.224 e. The van der Waals surface area contributed by atoms with Gasteiger partial charge in [-0.15, -0.1) is 0 Å². The first kappa shape index (κ1) is 14.0. The van der Waals surface area contributed by atoms with E-state index in [9.17, 15) is 4.79 Å². The lowest BCUT2D eigenvalue weighted by Gasteiger charge is -2.65. The molecule has 1 amide bonds. The smallest absolute Gasteiger partial charge is 0.224 e. The Hall–Kier alpha value is -0.570. The molecule has 2 unspecified atom stereocenters. The van der Waals surface area contributed by atoms with Crippen LogP contribution in [-0.2, 0) is 4.79 Å². The van der Waals surface area contributed by atoms with Crippen LogP contribution in [0.15, 0.2) is 0 Å². The number of carbonyl (C=O) groups excluding carboxylic acids is 1. The van der Waals surface area contributed by atoms with Gasteiger partial charge in [-0.25, -0.2) is 0 Å². The molecular weight excluding hydrogens is 260 g/mol. The number of carbonyl (C=O) groups is 1. The summed E-state index contributed by atoms with van der Waals surface area (Å²) in [5.74, 6) is 1.38. The molecule has 0 aromatic carbocycles. The van der Waals surface area contributed by atoms with Crippen LogP contribution in [0.1, 0.15) is 65.2 Å². The van der Waals surface area contributed by atoms with E-state index in [0.717, 1.165) is 31.8 Å². The van der Waals surface area contributed by atoms with Gasteiger partial charge in [-0.2, -0.15) is 0 Å². The van der Waals surface area contributed by atoms with Crippen molar-refractivity contribution in [2.45, 2.75) is 70.8 Å². The Bertz CT molecular complexity index is 436. The number of piperidine rings is 1. The molecule has 3 atom stereocenters. The molecule has 4 saturated carbocycles. The Morgan fingerprint density at radius 2 is 1.81 bits per heavy atom. The summed E-state index contributed by atoms with van der Waals surface area (Å²) in [7, 11) is 0. The van der Waals surface area contributed by atoms with E-state index in [1.165, 1.54) is 38.5 Å². The Labute approximate surface area is 128 Å². The summed E-state index contributed by atoms with van der Waals surface area (Å²) in [5, 5.41) is 6.94. The third kappa shape index (κ3) is 2.42. The maximum atomic E-state index is 12.7. The standard InChI is InChI=1S/C18H30N2O/c1-16-6-13-7-17(2,10-16)12-18(8-13,11-16)20-15(21)14-4-3-5-19-9-14/h13-14,19H,3-12H2,1-2H3,(H,20,21)/t13?,14-,16?,17?,18?/m0/s1. The van der Waals surface area contributed by atoms with Gasteiger partial charge < -0.3 is 10.6 Å². The molecule has 1 aliphatic heterocycles. The van der Waals surface area contributed by atoms with Crippen LogP contribution in [0.2, 0.25) is 0 Å². The highest BCUT2D eigenvalue weighted by atomic mass is 16.2. The molecule has 5 rings (SSSR count). The molecule has 3 nitrogen and oxygen atoms in total. The van der Waals surface area contributed by atoms with E-state index < -0.39 is 0 Å². The van der Waals surface area contributed by atoms with Gasteiger partial charge in [0.2, 0.25) is 5.91 Å². The van der Waals surface area contributed by atoms with Crippen molar-refractivity contribution in [1.82, 2.24) is 10.6 Å². The lowest BCUT2D eigenvalue weighted by Crippen LogP contribution is -2.66. The van der Waals surface area contributed by atoms with Gasteiger partial charge in [0.25, 0.3) is 0 Å². The molecule has 2 N–H and O–H groups in total. The van der Waals surface area contributed by atoms with Gasteiger partial charge in [-0.3, -0.25) is 4.79 Å². The van der Waals surface area contributed by atoms with Crippen molar-refractivity contribution >= 4 is 5.91 Å². The van der Waals surface area contributed by atoms with Crippen molar-refractivity contribution in [2.24, 2.45) is 22.7 Å². The van der Waals surface area contributed by atoms with Crippen LogP contribution in [-0.4, -0.2) is 24.5 Å². The molecule has 5 aliphatic rings. The average molecular weight is 290 g/mol. The fourth-order valence-electron chi connectivity index (χ4n) is 7.03. The van der Waals surface area contributed by atoms with Gasteiger partial charge in [-0.05, 0) is 74.7 Å². The summed E-state index contributed by atoms with van der Waals surface area (Å²) in [6.45, 7) is 6.89. The third-order valence-electron chi connectivity index (χ3n) is 6.68. The van der Waals surface area contributed by atoms with E-state index >= 15 is 0 Å². The van der Waals surface area contributed by atoms with Crippen molar-refractivity contribution in [2.75, 3.05) is 13.1 Å². The van der Waals surface area contributed by atoms with Crippen LogP contribution >= 0.6 is 0 Å². The first-order chi connectivity index (χ1) is 9.90. The number of amides is 1. The van der Waals surface area contributed by atoms with Crippen LogP contribution in [0.3, 0.4) is 0 Å². The zero-order valence-corrected chi connectivity index (χ0v) is 13.6. The maximum absolute atomic E-state index is 12.7. The van der Waals surface area contributed by atoms with Gasteiger partial charge in [0, 0.05) is 12.1 Å². The topological polar surface area (TPSA) is 41.1 Å². The zero-order valence-electron chi connectivity index (χ0n) is 13.6. The van der Waals surface area contributed by atoms with Crippen molar-refractivity contribution < 1.29 is 4.79 Å². The van der Waals surface area contributed by atoms with Crippen LogP contribution in [0.4, 0.5) is 0 Å². The van der Waals surface area contributed by atoms with Crippen molar-refractivity contribution in [1.29, 1.82) is 0 Å². The van der Waals surface area contributed by atoms with Gasteiger partial charge in [-0.1, -0.05) is 13.8 Å². The van der Waals surface area contributed by atoms with Crippen molar-refractivity contribution in [3.8, 4) is 0 Å². The SMILES string of the molecule is CC12CC3CC(C)(C1)CC(NC(=O)[C@H]1CCCNC1)(C3)C2. The van der Waals surface area contributed by atoms with Crippen LogP contribution in [0.5, 0.6) is 0 Å². The molecule has 0 radical (unpaired) electrons. The Morgan fingerprint density at radius 1 is 1.10 bits per heavy atom. The first-order valence-electron chi connectivity index (χ1n) is 8.92. The lowest BCUT2D eigenvalue weighted by molar-refractivity contribution is -0.143. The largest absolute Gasteiger partial charge is 0.350 e. The third-order valence-corrected chi connectivity index (χ3v) is 6.68. The van der Waals surface area contributed by atoms with Crippen LogP contribution < -0.4 is 10.6 Å². The number of nitrogens with one attached hydrogen (secondary N) is 2. The molecular formula is C18H30N2O. The predicted molar refractivity (Wildman–Crippen MR) is 83.9 cm³/mol. The van der Waals surface area contributed by atoms with Gasteiger partial charge in [0.1, 0.15) is 0 Å². The van der Waals surface area contributed by atoms with Crippen molar-refractivity contribution in [3.63, 3.8) is 0 Å². The molecule has 0 spiro atoms. The summed E-state index contributed by atoms with van der Waals surface area (Å²) >= 11 is 0. The predicted octanol–water partition coefficient (Wildman–Crippen LogP) is 2.85. The Kier molecular flexibility index (Phi) is 2.99. The molecule has 1 heterocycles. The van der Waals surface area contributed by atoms with E-state index in [2.05, 4.69) is 24.5 Å². The quantitative estimate of drug-likeness (QED) is 0.821. The number of hydrogen-bond acceptors (Lipinski definition) is 2. The molecule has 0 aromatic rings. The molecule has 3 heteroatoms. The van der Waals surface area contributed by atoms with E-state index in [1.54, 1.807) is 0 Å². The number of rotatable bonds is 2. The zero-order chi connectivity index (χ0) is 14.7. The normalized spacial score (nSPS) is 51.9. The summed E-state index contributed by atoms with van der Waals surface area (Å²) < 4.78 is 0. The fraction of sp³-hybridized carbons (Fsp3) is 0.944. The average Bonchev–Trinajstić information content (AvgIpc) is 2.34.